The van der Waals surface area contributed by atoms with Crippen molar-refractivity contribution in [3.63, 3.8) is 0 Å². The molecule has 8 nitrogen and oxygen atoms in total. The van der Waals surface area contributed by atoms with Crippen LogP contribution in [0.1, 0.15) is 0 Å². The number of H-pyrrole nitrogens is 1. The summed E-state index contributed by atoms with van der Waals surface area (Å²) < 4.78 is 34.6. The van der Waals surface area contributed by atoms with Crippen LogP contribution in [-0.4, -0.2) is 62.9 Å². The largest absolute Gasteiger partial charge is 0.382 e. The molecule has 0 spiro atoms. The fourth-order valence-electron chi connectivity index (χ4n) is 1.50. The van der Waals surface area contributed by atoms with Gasteiger partial charge in [-0.25, -0.2) is 4.79 Å². The standard InChI is InChI=1S/C13H21FN2O6/c1-19-4-5-21-8-9-22-7-6-20-3-2-16-10-11(14)12(17)15-13(16)18/h10H,2-9H2,1H3,(H,15,17,18). The van der Waals surface area contributed by atoms with Crippen molar-refractivity contribution in [2.75, 3.05) is 53.4 Å². The lowest BCUT2D eigenvalue weighted by Gasteiger charge is -2.07. The van der Waals surface area contributed by atoms with Crippen molar-refractivity contribution in [3.8, 4) is 0 Å². The lowest BCUT2D eigenvalue weighted by molar-refractivity contribution is 0.00262. The first-order chi connectivity index (χ1) is 10.6. The molecule has 9 heteroatoms. The second kappa shape index (κ2) is 11.1. The molecule has 22 heavy (non-hydrogen) atoms. The summed E-state index contributed by atoms with van der Waals surface area (Å²) in [5.74, 6) is -1.00. The Bertz CT molecular complexity index is 530. The molecule has 0 aliphatic rings. The Morgan fingerprint density at radius 3 is 2.14 bits per heavy atom. The van der Waals surface area contributed by atoms with Crippen molar-refractivity contribution in [1.82, 2.24) is 9.55 Å². The Hall–Kier alpha value is -1.55. The zero-order valence-electron chi connectivity index (χ0n) is 12.5. The Balaban J connectivity index is 2.03. The van der Waals surface area contributed by atoms with Crippen molar-refractivity contribution < 1.29 is 23.3 Å². The van der Waals surface area contributed by atoms with E-state index in [1.807, 2.05) is 4.98 Å². The van der Waals surface area contributed by atoms with E-state index in [2.05, 4.69) is 0 Å². The van der Waals surface area contributed by atoms with Gasteiger partial charge in [0.2, 0.25) is 5.82 Å². The maximum atomic E-state index is 13.0. The molecular weight excluding hydrogens is 299 g/mol. The summed E-state index contributed by atoms with van der Waals surface area (Å²) in [6.07, 6.45) is 0.860. The van der Waals surface area contributed by atoms with Crippen molar-refractivity contribution in [1.29, 1.82) is 0 Å². The molecule has 0 bridgehead atoms. The Morgan fingerprint density at radius 2 is 1.55 bits per heavy atom. The quantitative estimate of drug-likeness (QED) is 0.516. The molecule has 0 saturated carbocycles. The molecule has 1 N–H and O–H groups in total. The predicted octanol–water partition coefficient (Wildman–Crippen LogP) is -0.628. The molecule has 126 valence electrons. The minimum atomic E-state index is -1.02. The lowest BCUT2D eigenvalue weighted by atomic mass is 10.5. The van der Waals surface area contributed by atoms with Crippen LogP contribution in [0.5, 0.6) is 0 Å². The van der Waals surface area contributed by atoms with E-state index in [9.17, 15) is 14.0 Å². The number of methoxy groups -OCH3 is 1. The molecule has 0 radical (unpaired) electrons. The molecular formula is C13H21FN2O6. The highest BCUT2D eigenvalue weighted by Gasteiger charge is 2.03. The van der Waals surface area contributed by atoms with Gasteiger partial charge in [-0.3, -0.25) is 14.3 Å². The highest BCUT2D eigenvalue weighted by molar-refractivity contribution is 4.86. The minimum absolute atomic E-state index is 0.145. The van der Waals surface area contributed by atoms with Crippen LogP contribution in [0.4, 0.5) is 4.39 Å². The van der Waals surface area contributed by atoms with Gasteiger partial charge >= 0.3 is 5.69 Å². The summed E-state index contributed by atoms with van der Waals surface area (Å²) in [4.78, 5) is 24.1. The van der Waals surface area contributed by atoms with E-state index in [0.717, 1.165) is 10.8 Å². The first-order valence-corrected chi connectivity index (χ1v) is 6.86. The first-order valence-electron chi connectivity index (χ1n) is 6.86. The Kier molecular flexibility index (Phi) is 9.31. The molecule has 0 atom stereocenters. The molecule has 0 unspecified atom stereocenters. The molecule has 1 rings (SSSR count). The maximum Gasteiger partial charge on any atom is 0.328 e. The highest BCUT2D eigenvalue weighted by Crippen LogP contribution is 1.86. The number of hydrogen-bond acceptors (Lipinski definition) is 6. The minimum Gasteiger partial charge on any atom is -0.382 e. The van der Waals surface area contributed by atoms with Gasteiger partial charge in [0.15, 0.2) is 0 Å². The fourth-order valence-corrected chi connectivity index (χ4v) is 1.50. The van der Waals surface area contributed by atoms with Crippen LogP contribution in [0.15, 0.2) is 15.8 Å². The number of hydrogen-bond donors (Lipinski definition) is 1. The number of aromatic nitrogens is 2. The van der Waals surface area contributed by atoms with Gasteiger partial charge in [-0.2, -0.15) is 4.39 Å². The number of rotatable bonds is 12. The molecule has 0 fully saturated rings. The number of ether oxygens (including phenoxy) is 4. The number of halogens is 1. The van der Waals surface area contributed by atoms with Crippen LogP contribution in [0, 0.1) is 5.82 Å². The van der Waals surface area contributed by atoms with Crippen LogP contribution in [0.25, 0.3) is 0 Å². The van der Waals surface area contributed by atoms with E-state index in [0.29, 0.717) is 39.6 Å². The monoisotopic (exact) mass is 320 g/mol. The summed E-state index contributed by atoms with van der Waals surface area (Å²) in [6, 6.07) is 0. The van der Waals surface area contributed by atoms with Crippen LogP contribution >= 0.6 is 0 Å². The SMILES string of the molecule is COCCOCCOCCOCCn1cc(F)c(=O)[nH]c1=O. The van der Waals surface area contributed by atoms with Gasteiger partial charge in [-0.15, -0.1) is 0 Å². The van der Waals surface area contributed by atoms with Crippen molar-refractivity contribution >= 4 is 0 Å². The summed E-state index contributed by atoms with van der Waals surface area (Å²) >= 11 is 0. The van der Waals surface area contributed by atoms with Crippen LogP contribution in [0.3, 0.4) is 0 Å². The van der Waals surface area contributed by atoms with E-state index in [1.165, 1.54) is 0 Å². The van der Waals surface area contributed by atoms with E-state index in [1.54, 1.807) is 7.11 Å². The van der Waals surface area contributed by atoms with Crippen molar-refractivity contribution in [2.24, 2.45) is 0 Å². The van der Waals surface area contributed by atoms with Gasteiger partial charge in [-0.05, 0) is 0 Å². The van der Waals surface area contributed by atoms with E-state index in [4.69, 9.17) is 18.9 Å². The van der Waals surface area contributed by atoms with E-state index >= 15 is 0 Å². The van der Waals surface area contributed by atoms with E-state index < -0.39 is 17.1 Å². The fraction of sp³-hybridized carbons (Fsp3) is 0.692. The smallest absolute Gasteiger partial charge is 0.328 e. The predicted molar refractivity (Wildman–Crippen MR) is 75.6 cm³/mol. The number of nitrogens with zero attached hydrogens (tertiary/aromatic N) is 1. The van der Waals surface area contributed by atoms with Gasteiger partial charge in [-0.1, -0.05) is 0 Å². The molecule has 0 aromatic carbocycles. The normalized spacial score (nSPS) is 11.0. The van der Waals surface area contributed by atoms with Gasteiger partial charge in [0, 0.05) is 7.11 Å². The maximum absolute atomic E-state index is 13.0. The van der Waals surface area contributed by atoms with E-state index in [-0.39, 0.29) is 13.2 Å². The number of aromatic amines is 1. The second-order valence-corrected chi connectivity index (χ2v) is 4.26. The second-order valence-electron chi connectivity index (χ2n) is 4.26. The summed E-state index contributed by atoms with van der Waals surface area (Å²) in [6.45, 7) is 3.11. The molecule has 1 aromatic heterocycles. The van der Waals surface area contributed by atoms with Crippen LogP contribution < -0.4 is 11.2 Å². The van der Waals surface area contributed by atoms with Gasteiger partial charge in [0.05, 0.1) is 59.0 Å². The molecule has 1 heterocycles. The van der Waals surface area contributed by atoms with Gasteiger partial charge < -0.3 is 18.9 Å². The summed E-state index contributed by atoms with van der Waals surface area (Å²) in [5, 5.41) is 0. The molecule has 0 amide bonds. The average molecular weight is 320 g/mol. The zero-order valence-corrected chi connectivity index (χ0v) is 12.5. The van der Waals surface area contributed by atoms with Crippen molar-refractivity contribution in [3.05, 3.63) is 32.9 Å². The topological polar surface area (TPSA) is 91.8 Å². The molecule has 0 aliphatic heterocycles. The summed E-state index contributed by atoms with van der Waals surface area (Å²) in [7, 11) is 1.60. The van der Waals surface area contributed by atoms with Gasteiger partial charge in [0.25, 0.3) is 5.56 Å². The van der Waals surface area contributed by atoms with Gasteiger partial charge in [0.1, 0.15) is 0 Å². The third kappa shape index (κ3) is 7.46. The highest BCUT2D eigenvalue weighted by atomic mass is 19.1. The molecule has 1 aromatic rings. The third-order valence-corrected chi connectivity index (χ3v) is 2.62. The van der Waals surface area contributed by atoms with Crippen LogP contribution in [-0.2, 0) is 25.5 Å². The molecule has 0 aliphatic carbocycles. The average Bonchev–Trinajstić information content (AvgIpc) is 2.49. The Morgan fingerprint density at radius 1 is 1.00 bits per heavy atom. The lowest BCUT2D eigenvalue weighted by Crippen LogP contribution is -2.32. The number of nitrogens with one attached hydrogen (secondary N) is 1. The third-order valence-electron chi connectivity index (χ3n) is 2.62. The van der Waals surface area contributed by atoms with Crippen LogP contribution in [0.2, 0.25) is 0 Å². The molecule has 0 saturated heterocycles. The first kappa shape index (κ1) is 18.5. The summed E-state index contributed by atoms with van der Waals surface area (Å²) in [5.41, 5.74) is -1.69. The van der Waals surface area contributed by atoms with Crippen molar-refractivity contribution in [2.45, 2.75) is 6.54 Å². The zero-order chi connectivity index (χ0) is 16.2. The Labute approximate surface area is 126 Å².